The Morgan fingerprint density at radius 1 is 0.905 bits per heavy atom. The molecule has 0 aliphatic heterocycles. The molecule has 0 saturated carbocycles. The quantitative estimate of drug-likeness (QED) is 0.717. The zero-order chi connectivity index (χ0) is 17.7. The van der Waals surface area contributed by atoms with Crippen molar-refractivity contribution in [3.8, 4) is 0 Å². The van der Waals surface area contributed by atoms with Gasteiger partial charge in [0.25, 0.3) is 5.91 Å². The van der Waals surface area contributed by atoms with Crippen molar-refractivity contribution in [1.29, 1.82) is 0 Å². The second kappa shape index (κ2) is 27.1. The van der Waals surface area contributed by atoms with Crippen molar-refractivity contribution >= 4 is 5.91 Å². The van der Waals surface area contributed by atoms with Gasteiger partial charge in [-0.1, -0.05) is 74.4 Å². The second-order valence-corrected chi connectivity index (χ2v) is 2.91. The average Bonchev–Trinajstić information content (AvgIpc) is 2.62. The molecule has 1 rings (SSSR count). The third-order valence-corrected chi connectivity index (χ3v) is 1.93. The molecular formula is C19H39NO. The molecule has 1 aromatic carbocycles. The van der Waals surface area contributed by atoms with Crippen LogP contribution in [0, 0.1) is 0 Å². The van der Waals surface area contributed by atoms with Crippen LogP contribution in [0.2, 0.25) is 0 Å². The number of benzene rings is 1. The molecule has 126 valence electrons. The van der Waals surface area contributed by atoms with E-state index in [-0.39, 0.29) is 5.91 Å². The van der Waals surface area contributed by atoms with Gasteiger partial charge in [0.15, 0.2) is 0 Å². The lowest BCUT2D eigenvalue weighted by Crippen LogP contribution is -2.22. The van der Waals surface area contributed by atoms with Crippen LogP contribution < -0.4 is 5.32 Å². The van der Waals surface area contributed by atoms with Crippen molar-refractivity contribution in [3.05, 3.63) is 35.4 Å². The number of hydrogen-bond acceptors (Lipinski definition) is 1. The molecule has 0 radical (unpaired) electrons. The summed E-state index contributed by atoms with van der Waals surface area (Å²) in [5, 5.41) is 2.77. The van der Waals surface area contributed by atoms with Gasteiger partial charge in [-0.3, -0.25) is 4.79 Å². The van der Waals surface area contributed by atoms with Crippen LogP contribution in [-0.2, 0) is 6.42 Å². The molecular weight excluding hydrogens is 258 g/mol. The molecule has 2 heteroatoms. The number of aryl methyl sites for hydroxylation is 1. The summed E-state index contributed by atoms with van der Waals surface area (Å²) in [4.78, 5) is 11.4. The Bertz CT molecular complexity index is 295. The first-order valence-corrected chi connectivity index (χ1v) is 8.65. The Morgan fingerprint density at radius 2 is 1.38 bits per heavy atom. The first kappa shape index (κ1) is 27.9. The van der Waals surface area contributed by atoms with E-state index in [1.807, 2.05) is 86.6 Å². The smallest absolute Gasteiger partial charge is 0.251 e. The van der Waals surface area contributed by atoms with Gasteiger partial charge in [0.05, 0.1) is 0 Å². The van der Waals surface area contributed by atoms with Crippen molar-refractivity contribution in [2.24, 2.45) is 0 Å². The normalized spacial score (nSPS) is 7.14. The van der Waals surface area contributed by atoms with Crippen LogP contribution in [0.3, 0.4) is 0 Å². The van der Waals surface area contributed by atoms with E-state index in [4.69, 9.17) is 0 Å². The predicted molar refractivity (Wildman–Crippen MR) is 99.2 cm³/mol. The summed E-state index contributed by atoms with van der Waals surface area (Å²) < 4.78 is 0. The molecule has 0 aliphatic carbocycles. The fourth-order valence-electron chi connectivity index (χ4n) is 1.20. The number of carbonyl (C=O) groups excluding carboxylic acids is 1. The van der Waals surface area contributed by atoms with Gasteiger partial charge in [-0.25, -0.2) is 0 Å². The van der Waals surface area contributed by atoms with E-state index in [2.05, 4.69) is 12.2 Å². The van der Waals surface area contributed by atoms with E-state index in [1.54, 1.807) is 0 Å². The van der Waals surface area contributed by atoms with Gasteiger partial charge in [0, 0.05) is 12.1 Å². The lowest BCUT2D eigenvalue weighted by atomic mass is 10.1. The van der Waals surface area contributed by atoms with Gasteiger partial charge in [-0.15, -0.1) is 0 Å². The molecule has 1 N–H and O–H groups in total. The van der Waals surface area contributed by atoms with Crippen molar-refractivity contribution in [1.82, 2.24) is 5.32 Å². The molecule has 0 heterocycles. The van der Waals surface area contributed by atoms with Crippen LogP contribution in [0.15, 0.2) is 24.3 Å². The number of amides is 1. The summed E-state index contributed by atoms with van der Waals surface area (Å²) in [7, 11) is 0. The highest BCUT2D eigenvalue weighted by atomic mass is 16.1. The molecule has 2 nitrogen and oxygen atoms in total. The Hall–Kier alpha value is -1.31. The van der Waals surface area contributed by atoms with Crippen molar-refractivity contribution < 1.29 is 4.79 Å². The predicted octanol–water partition coefficient (Wildman–Crippen LogP) is 6.10. The fourth-order valence-corrected chi connectivity index (χ4v) is 1.20. The maximum atomic E-state index is 11.4. The van der Waals surface area contributed by atoms with Gasteiger partial charge in [-0.2, -0.15) is 0 Å². The highest BCUT2D eigenvalue weighted by molar-refractivity contribution is 5.94. The van der Waals surface area contributed by atoms with Gasteiger partial charge < -0.3 is 5.32 Å². The molecule has 0 bridgehead atoms. The monoisotopic (exact) mass is 297 g/mol. The number of hydrogen-bond donors (Lipinski definition) is 1. The first-order chi connectivity index (χ1) is 10.3. The van der Waals surface area contributed by atoms with Crippen molar-refractivity contribution in [2.75, 3.05) is 6.54 Å². The highest BCUT2D eigenvalue weighted by Crippen LogP contribution is 2.05. The molecule has 0 aliphatic rings. The largest absolute Gasteiger partial charge is 0.352 e. The lowest BCUT2D eigenvalue weighted by Gasteiger charge is -2.03. The minimum absolute atomic E-state index is 0.0119. The Kier molecular flexibility index (Phi) is 36.1. The van der Waals surface area contributed by atoms with Gasteiger partial charge >= 0.3 is 0 Å². The zero-order valence-electron chi connectivity index (χ0n) is 16.1. The molecule has 1 aromatic rings. The fraction of sp³-hybridized carbons (Fsp3) is 0.632. The highest BCUT2D eigenvalue weighted by Gasteiger charge is 2.02. The second-order valence-electron chi connectivity index (χ2n) is 2.91. The Balaban J connectivity index is -0.000000156. The van der Waals surface area contributed by atoms with E-state index in [0.717, 1.165) is 12.0 Å². The van der Waals surface area contributed by atoms with Crippen LogP contribution in [0.4, 0.5) is 0 Å². The van der Waals surface area contributed by atoms with Gasteiger partial charge in [0.1, 0.15) is 0 Å². The van der Waals surface area contributed by atoms with Crippen LogP contribution in [0.5, 0.6) is 0 Å². The third kappa shape index (κ3) is 16.6. The minimum Gasteiger partial charge on any atom is -0.352 e. The zero-order valence-corrected chi connectivity index (χ0v) is 16.1. The van der Waals surface area contributed by atoms with Crippen molar-refractivity contribution in [2.45, 2.75) is 75.7 Å². The first-order valence-electron chi connectivity index (χ1n) is 8.65. The SMILES string of the molecule is CC.CC.CC.CC.CCNC(=O)c1cccc(CC)c1. The molecule has 21 heavy (non-hydrogen) atoms. The molecule has 1 amide bonds. The summed E-state index contributed by atoms with van der Waals surface area (Å²) in [6.07, 6.45) is 0.966. The topological polar surface area (TPSA) is 29.1 Å². The molecule has 0 spiro atoms. The molecule has 0 saturated heterocycles. The van der Waals surface area contributed by atoms with Gasteiger partial charge in [-0.05, 0) is 31.0 Å². The average molecular weight is 298 g/mol. The number of nitrogens with one attached hydrogen (secondary N) is 1. The third-order valence-electron chi connectivity index (χ3n) is 1.93. The number of carbonyl (C=O) groups is 1. The van der Waals surface area contributed by atoms with E-state index < -0.39 is 0 Å². The van der Waals surface area contributed by atoms with E-state index in [9.17, 15) is 4.79 Å². The van der Waals surface area contributed by atoms with Crippen LogP contribution in [-0.4, -0.2) is 12.5 Å². The maximum absolute atomic E-state index is 11.4. The molecule has 0 atom stereocenters. The Labute approximate surface area is 134 Å². The van der Waals surface area contributed by atoms with Crippen molar-refractivity contribution in [3.63, 3.8) is 0 Å². The summed E-state index contributed by atoms with van der Waals surface area (Å²) in [5.74, 6) is 0.0119. The standard InChI is InChI=1S/C11H15NO.4C2H6/c1-3-9-6-5-7-10(8-9)11(13)12-4-2;4*1-2/h5-8H,3-4H2,1-2H3,(H,12,13);4*1-2H3. The maximum Gasteiger partial charge on any atom is 0.251 e. The van der Waals surface area contributed by atoms with E-state index >= 15 is 0 Å². The van der Waals surface area contributed by atoms with E-state index in [0.29, 0.717) is 6.54 Å². The molecule has 0 unspecified atom stereocenters. The number of rotatable bonds is 3. The molecule has 0 aromatic heterocycles. The summed E-state index contributed by atoms with van der Waals surface area (Å²) in [6, 6.07) is 7.72. The van der Waals surface area contributed by atoms with Gasteiger partial charge in [0.2, 0.25) is 0 Å². The summed E-state index contributed by atoms with van der Waals surface area (Å²) >= 11 is 0. The minimum atomic E-state index is 0.0119. The van der Waals surface area contributed by atoms with E-state index in [1.165, 1.54) is 5.56 Å². The summed E-state index contributed by atoms with van der Waals surface area (Å²) in [6.45, 7) is 20.7. The van der Waals surface area contributed by atoms with Crippen LogP contribution >= 0.6 is 0 Å². The lowest BCUT2D eigenvalue weighted by molar-refractivity contribution is 0.0955. The Morgan fingerprint density at radius 3 is 1.76 bits per heavy atom. The van der Waals surface area contributed by atoms with Crippen LogP contribution in [0.1, 0.15) is 85.2 Å². The molecule has 0 fully saturated rings. The summed E-state index contributed by atoms with van der Waals surface area (Å²) in [5.41, 5.74) is 1.95. The van der Waals surface area contributed by atoms with Crippen LogP contribution in [0.25, 0.3) is 0 Å².